The first-order chi connectivity index (χ1) is 6.02. The molecule has 0 aromatic carbocycles. The third-order valence-electron chi connectivity index (χ3n) is 1.66. The monoisotopic (exact) mass is 201 g/mol. The first-order valence-electron chi connectivity index (χ1n) is 3.64. The number of hydrogen-bond acceptors (Lipinski definition) is 2. The number of rotatable bonds is 2. The Kier molecular flexibility index (Phi) is 2.83. The van der Waals surface area contributed by atoms with Crippen LogP contribution in [-0.2, 0) is 6.42 Å². The van der Waals surface area contributed by atoms with Gasteiger partial charge in [-0.3, -0.25) is 5.41 Å². The number of pyridine rings is 1. The van der Waals surface area contributed by atoms with Gasteiger partial charge < -0.3 is 5.73 Å². The molecule has 0 aliphatic carbocycles. The summed E-state index contributed by atoms with van der Waals surface area (Å²) in [6, 6.07) is 0. The number of halogens is 2. The van der Waals surface area contributed by atoms with Crippen molar-refractivity contribution in [3.63, 3.8) is 0 Å². The van der Waals surface area contributed by atoms with Crippen LogP contribution < -0.4 is 5.73 Å². The van der Waals surface area contributed by atoms with Crippen molar-refractivity contribution < 1.29 is 4.39 Å². The van der Waals surface area contributed by atoms with Gasteiger partial charge in [-0.2, -0.15) is 0 Å². The fourth-order valence-corrected chi connectivity index (χ4v) is 1.16. The van der Waals surface area contributed by atoms with E-state index >= 15 is 0 Å². The van der Waals surface area contributed by atoms with Crippen LogP contribution in [0.4, 0.5) is 4.39 Å². The molecule has 0 aliphatic heterocycles. The van der Waals surface area contributed by atoms with Crippen molar-refractivity contribution in [2.24, 2.45) is 5.73 Å². The highest BCUT2D eigenvalue weighted by molar-refractivity contribution is 6.29. The Morgan fingerprint density at radius 2 is 2.38 bits per heavy atom. The van der Waals surface area contributed by atoms with Crippen molar-refractivity contribution in [3.05, 3.63) is 28.3 Å². The molecule has 3 nitrogen and oxygen atoms in total. The molecule has 13 heavy (non-hydrogen) atoms. The van der Waals surface area contributed by atoms with Gasteiger partial charge in [0, 0.05) is 18.2 Å². The molecule has 0 bridgehead atoms. The van der Waals surface area contributed by atoms with Gasteiger partial charge in [0.1, 0.15) is 0 Å². The van der Waals surface area contributed by atoms with Crippen LogP contribution in [0.2, 0.25) is 5.15 Å². The molecule has 0 radical (unpaired) electrons. The van der Waals surface area contributed by atoms with Crippen molar-refractivity contribution in [2.75, 3.05) is 0 Å². The molecule has 0 aliphatic rings. The number of aromatic nitrogens is 1. The standard InChI is InChI=1S/C8H9ClFN3/c1-4-3-13-8(9)7(10)5(4)2-6(11)12/h3H,2H2,1H3,(H3,11,12). The number of amidine groups is 1. The molecule has 70 valence electrons. The molecule has 0 amide bonds. The molecule has 1 heterocycles. The van der Waals surface area contributed by atoms with Crippen LogP contribution in [-0.4, -0.2) is 10.8 Å². The molecule has 0 saturated heterocycles. The number of nitrogens with one attached hydrogen (secondary N) is 1. The van der Waals surface area contributed by atoms with Crippen LogP contribution in [0.1, 0.15) is 11.1 Å². The summed E-state index contributed by atoms with van der Waals surface area (Å²) in [7, 11) is 0. The molecule has 0 saturated carbocycles. The second-order valence-electron chi connectivity index (χ2n) is 2.73. The zero-order valence-corrected chi connectivity index (χ0v) is 7.82. The quantitative estimate of drug-likeness (QED) is 0.434. The fraction of sp³-hybridized carbons (Fsp3) is 0.250. The average Bonchev–Trinajstić information content (AvgIpc) is 2.05. The van der Waals surface area contributed by atoms with Crippen LogP contribution >= 0.6 is 11.6 Å². The van der Waals surface area contributed by atoms with Crippen LogP contribution in [0.25, 0.3) is 0 Å². The van der Waals surface area contributed by atoms with Gasteiger partial charge in [0.25, 0.3) is 0 Å². The molecule has 5 heteroatoms. The minimum Gasteiger partial charge on any atom is -0.387 e. The van der Waals surface area contributed by atoms with Gasteiger partial charge in [0.2, 0.25) is 0 Å². The predicted octanol–water partition coefficient (Wildman–Crippen LogP) is 1.66. The Labute approximate surface area is 80.2 Å². The highest BCUT2D eigenvalue weighted by Crippen LogP contribution is 2.18. The molecule has 1 aromatic rings. The van der Waals surface area contributed by atoms with Crippen molar-refractivity contribution in [3.8, 4) is 0 Å². The summed E-state index contributed by atoms with van der Waals surface area (Å²) in [5, 5.41) is 6.86. The average molecular weight is 202 g/mol. The maximum Gasteiger partial charge on any atom is 0.165 e. The lowest BCUT2D eigenvalue weighted by Gasteiger charge is -2.06. The van der Waals surface area contributed by atoms with Crippen molar-refractivity contribution >= 4 is 17.4 Å². The Balaban J connectivity index is 3.17. The SMILES string of the molecule is Cc1cnc(Cl)c(F)c1CC(=N)N. The predicted molar refractivity (Wildman–Crippen MR) is 49.6 cm³/mol. The Bertz CT molecular complexity index is 351. The normalized spacial score (nSPS) is 10.1. The maximum absolute atomic E-state index is 13.3. The van der Waals surface area contributed by atoms with Crippen LogP contribution in [0.3, 0.4) is 0 Å². The number of nitrogens with two attached hydrogens (primary N) is 1. The summed E-state index contributed by atoms with van der Waals surface area (Å²) in [4.78, 5) is 3.63. The summed E-state index contributed by atoms with van der Waals surface area (Å²) in [6.45, 7) is 1.70. The highest BCUT2D eigenvalue weighted by Gasteiger charge is 2.11. The lowest BCUT2D eigenvalue weighted by atomic mass is 10.1. The molecule has 1 rings (SSSR count). The topological polar surface area (TPSA) is 62.8 Å². The van der Waals surface area contributed by atoms with E-state index in [2.05, 4.69) is 4.98 Å². The Morgan fingerprint density at radius 3 is 2.92 bits per heavy atom. The third kappa shape index (κ3) is 2.15. The van der Waals surface area contributed by atoms with Crippen molar-refractivity contribution in [2.45, 2.75) is 13.3 Å². The second kappa shape index (κ2) is 3.70. The number of nitrogens with zero attached hydrogens (tertiary/aromatic N) is 1. The molecular formula is C8H9ClFN3. The smallest absolute Gasteiger partial charge is 0.165 e. The van der Waals surface area contributed by atoms with E-state index in [1.54, 1.807) is 6.92 Å². The summed E-state index contributed by atoms with van der Waals surface area (Å²) >= 11 is 5.47. The van der Waals surface area contributed by atoms with E-state index < -0.39 is 5.82 Å². The Morgan fingerprint density at radius 1 is 1.77 bits per heavy atom. The Hall–Kier alpha value is -1.16. The summed E-state index contributed by atoms with van der Waals surface area (Å²) < 4.78 is 13.3. The largest absolute Gasteiger partial charge is 0.387 e. The summed E-state index contributed by atoms with van der Waals surface area (Å²) in [5.41, 5.74) is 6.16. The second-order valence-corrected chi connectivity index (χ2v) is 3.08. The van der Waals surface area contributed by atoms with Gasteiger partial charge in [0.15, 0.2) is 11.0 Å². The minimum absolute atomic E-state index is 0.0694. The van der Waals surface area contributed by atoms with E-state index in [1.807, 2.05) is 0 Å². The van der Waals surface area contributed by atoms with E-state index in [0.29, 0.717) is 11.1 Å². The molecule has 0 unspecified atom stereocenters. The number of hydrogen-bond donors (Lipinski definition) is 2. The van der Waals surface area contributed by atoms with Gasteiger partial charge >= 0.3 is 0 Å². The van der Waals surface area contributed by atoms with Gasteiger partial charge in [0.05, 0.1) is 5.84 Å². The maximum atomic E-state index is 13.3. The van der Waals surface area contributed by atoms with Gasteiger partial charge in [-0.15, -0.1) is 0 Å². The molecular weight excluding hydrogens is 193 g/mol. The highest BCUT2D eigenvalue weighted by atomic mass is 35.5. The summed E-state index contributed by atoms with van der Waals surface area (Å²) in [6.07, 6.45) is 1.53. The van der Waals surface area contributed by atoms with Gasteiger partial charge in [-0.05, 0) is 12.5 Å². The zero-order chi connectivity index (χ0) is 10.0. The lowest BCUT2D eigenvalue weighted by molar-refractivity contribution is 0.607. The van der Waals surface area contributed by atoms with E-state index in [-0.39, 0.29) is 17.4 Å². The molecule has 1 aromatic heterocycles. The number of aryl methyl sites for hydroxylation is 1. The van der Waals surface area contributed by atoms with E-state index in [4.69, 9.17) is 22.7 Å². The lowest BCUT2D eigenvalue weighted by Crippen LogP contribution is -2.15. The van der Waals surface area contributed by atoms with E-state index in [0.717, 1.165) is 0 Å². The molecule has 0 atom stereocenters. The minimum atomic E-state index is -0.586. The molecule has 0 fully saturated rings. The van der Waals surface area contributed by atoms with Crippen LogP contribution in [0, 0.1) is 18.2 Å². The zero-order valence-electron chi connectivity index (χ0n) is 7.06. The summed E-state index contributed by atoms with van der Waals surface area (Å²) in [5.74, 6) is -0.680. The van der Waals surface area contributed by atoms with E-state index in [1.165, 1.54) is 6.20 Å². The third-order valence-corrected chi connectivity index (χ3v) is 1.92. The van der Waals surface area contributed by atoms with E-state index in [9.17, 15) is 4.39 Å². The molecule has 3 N–H and O–H groups in total. The van der Waals surface area contributed by atoms with Gasteiger partial charge in [-0.1, -0.05) is 11.6 Å². The van der Waals surface area contributed by atoms with Crippen LogP contribution in [0.15, 0.2) is 6.20 Å². The molecule has 0 spiro atoms. The van der Waals surface area contributed by atoms with Crippen molar-refractivity contribution in [1.29, 1.82) is 5.41 Å². The van der Waals surface area contributed by atoms with Gasteiger partial charge in [-0.25, -0.2) is 9.37 Å². The van der Waals surface area contributed by atoms with Crippen LogP contribution in [0.5, 0.6) is 0 Å². The van der Waals surface area contributed by atoms with Crippen molar-refractivity contribution in [1.82, 2.24) is 4.98 Å². The first kappa shape index (κ1) is 9.92. The first-order valence-corrected chi connectivity index (χ1v) is 4.02. The fourth-order valence-electron chi connectivity index (χ4n) is 0.993.